The van der Waals surface area contributed by atoms with Crippen LogP contribution in [0.15, 0.2) is 0 Å². The fourth-order valence-corrected chi connectivity index (χ4v) is 3.23. The van der Waals surface area contributed by atoms with E-state index in [0.717, 1.165) is 25.9 Å². The molecule has 100 valence electrons. The second-order valence-corrected chi connectivity index (χ2v) is 5.77. The SMILES string of the molecule is O=C(O)[C@H]1NC[C@@H]2C[C@@H]21.O=C(O)[C@H]1NC[C@H]2C[C@H]21. The summed E-state index contributed by atoms with van der Waals surface area (Å²) in [5, 5.41) is 23.0. The Hall–Kier alpha value is -1.14. The van der Waals surface area contributed by atoms with Crippen LogP contribution in [0.5, 0.6) is 0 Å². The van der Waals surface area contributed by atoms with Crippen molar-refractivity contribution in [1.29, 1.82) is 0 Å². The molecule has 6 nitrogen and oxygen atoms in total. The predicted molar refractivity (Wildman–Crippen MR) is 62.0 cm³/mol. The summed E-state index contributed by atoms with van der Waals surface area (Å²) in [6, 6.07) is -0.454. The summed E-state index contributed by atoms with van der Waals surface area (Å²) in [4.78, 5) is 20.8. The summed E-state index contributed by atoms with van der Waals surface area (Å²) in [7, 11) is 0. The van der Waals surface area contributed by atoms with Crippen LogP contribution in [0, 0.1) is 23.7 Å². The molecule has 2 heterocycles. The first-order valence-corrected chi connectivity index (χ1v) is 6.50. The molecule has 0 aromatic carbocycles. The van der Waals surface area contributed by atoms with Gasteiger partial charge in [-0.1, -0.05) is 0 Å². The van der Waals surface area contributed by atoms with Crippen molar-refractivity contribution in [2.45, 2.75) is 24.9 Å². The normalized spacial score (nSPS) is 46.4. The Bertz CT molecular complexity index is 350. The van der Waals surface area contributed by atoms with Crippen molar-refractivity contribution < 1.29 is 19.8 Å². The maximum absolute atomic E-state index is 10.4. The van der Waals surface area contributed by atoms with Crippen LogP contribution in [0.1, 0.15) is 12.8 Å². The van der Waals surface area contributed by atoms with Crippen molar-refractivity contribution in [2.75, 3.05) is 13.1 Å². The molecule has 0 aromatic rings. The Kier molecular flexibility index (Phi) is 2.79. The number of nitrogens with one attached hydrogen (secondary N) is 2. The molecule has 4 N–H and O–H groups in total. The molecule has 0 spiro atoms. The average molecular weight is 254 g/mol. The molecule has 4 fully saturated rings. The van der Waals surface area contributed by atoms with Crippen LogP contribution in [0.25, 0.3) is 0 Å². The van der Waals surface area contributed by atoms with Crippen molar-refractivity contribution in [3.8, 4) is 0 Å². The minimum absolute atomic E-state index is 0.227. The summed E-state index contributed by atoms with van der Waals surface area (Å²) >= 11 is 0. The van der Waals surface area contributed by atoms with Gasteiger partial charge in [0.25, 0.3) is 0 Å². The Morgan fingerprint density at radius 1 is 0.833 bits per heavy atom. The zero-order valence-electron chi connectivity index (χ0n) is 10.0. The monoisotopic (exact) mass is 254 g/mol. The molecule has 0 unspecified atom stereocenters. The van der Waals surface area contributed by atoms with E-state index in [1.807, 2.05) is 0 Å². The van der Waals surface area contributed by atoms with E-state index in [2.05, 4.69) is 10.6 Å². The van der Waals surface area contributed by atoms with Crippen LogP contribution in [0.4, 0.5) is 0 Å². The van der Waals surface area contributed by atoms with Crippen LogP contribution >= 0.6 is 0 Å². The molecule has 2 aliphatic heterocycles. The van der Waals surface area contributed by atoms with Crippen LogP contribution < -0.4 is 10.6 Å². The second-order valence-electron chi connectivity index (χ2n) is 5.77. The Balaban J connectivity index is 0.000000111. The average Bonchev–Trinajstić information content (AvgIpc) is 3.19. The van der Waals surface area contributed by atoms with Crippen molar-refractivity contribution >= 4 is 11.9 Å². The molecule has 6 heteroatoms. The predicted octanol–water partition coefficient (Wildman–Crippen LogP) is -0.642. The van der Waals surface area contributed by atoms with Gasteiger partial charge >= 0.3 is 11.9 Å². The first-order valence-electron chi connectivity index (χ1n) is 6.50. The van der Waals surface area contributed by atoms with Gasteiger partial charge in [0.05, 0.1) is 0 Å². The first-order chi connectivity index (χ1) is 8.58. The number of carbonyl (C=O) groups is 2. The molecular formula is C12H18N2O4. The standard InChI is InChI=1S/2C6H9NO2/c2*8-6(9)5-4-1-3(4)2-7-5/h2*3-5,7H,1-2H2,(H,8,9)/t3-,4-,5+;3-,4-,5-/m10/s1. The minimum atomic E-state index is -0.681. The zero-order chi connectivity index (χ0) is 12.9. The Labute approximate surface area is 105 Å². The number of rotatable bonds is 2. The van der Waals surface area contributed by atoms with Crippen molar-refractivity contribution in [3.05, 3.63) is 0 Å². The summed E-state index contributed by atoms with van der Waals surface area (Å²) in [6.07, 6.45) is 2.26. The van der Waals surface area contributed by atoms with E-state index in [1.165, 1.54) is 0 Å². The number of aliphatic carboxylic acids is 2. The molecule has 0 aromatic heterocycles. The molecule has 2 aliphatic carbocycles. The van der Waals surface area contributed by atoms with Crippen molar-refractivity contribution in [2.24, 2.45) is 23.7 Å². The molecule has 4 rings (SSSR count). The van der Waals surface area contributed by atoms with Gasteiger partial charge in [0.1, 0.15) is 12.1 Å². The highest BCUT2D eigenvalue weighted by Gasteiger charge is 2.51. The van der Waals surface area contributed by atoms with Crippen molar-refractivity contribution in [3.63, 3.8) is 0 Å². The zero-order valence-corrected chi connectivity index (χ0v) is 10.0. The smallest absolute Gasteiger partial charge is 0.320 e. The maximum Gasteiger partial charge on any atom is 0.320 e. The number of hydrogen-bond donors (Lipinski definition) is 4. The second kappa shape index (κ2) is 4.20. The molecule has 4 aliphatic rings. The lowest BCUT2D eigenvalue weighted by Gasteiger charge is -2.04. The van der Waals surface area contributed by atoms with Crippen LogP contribution in [-0.4, -0.2) is 47.3 Å². The van der Waals surface area contributed by atoms with Gasteiger partial charge in [-0.3, -0.25) is 9.59 Å². The Morgan fingerprint density at radius 3 is 1.33 bits per heavy atom. The summed E-state index contributed by atoms with van der Waals surface area (Å²) in [6.45, 7) is 1.84. The first kappa shape index (κ1) is 11.9. The maximum atomic E-state index is 10.4. The molecular weight excluding hydrogens is 236 g/mol. The third-order valence-corrected chi connectivity index (χ3v) is 4.54. The van der Waals surface area contributed by atoms with Gasteiger partial charge in [-0.2, -0.15) is 0 Å². The molecule has 0 radical (unpaired) electrons. The lowest BCUT2D eigenvalue weighted by molar-refractivity contribution is -0.140. The van der Waals surface area contributed by atoms with E-state index < -0.39 is 11.9 Å². The van der Waals surface area contributed by atoms with Gasteiger partial charge in [0.15, 0.2) is 0 Å². The number of hydrogen-bond acceptors (Lipinski definition) is 4. The fraction of sp³-hybridized carbons (Fsp3) is 0.833. The van der Waals surface area contributed by atoms with Gasteiger partial charge in [-0.25, -0.2) is 0 Å². The summed E-state index contributed by atoms with van der Waals surface area (Å²) < 4.78 is 0. The highest BCUT2D eigenvalue weighted by Crippen LogP contribution is 2.45. The van der Waals surface area contributed by atoms with E-state index >= 15 is 0 Å². The third-order valence-electron chi connectivity index (χ3n) is 4.54. The topological polar surface area (TPSA) is 98.7 Å². The largest absolute Gasteiger partial charge is 0.480 e. The highest BCUT2D eigenvalue weighted by atomic mass is 16.4. The number of carboxylic acid groups (broad SMARTS) is 2. The molecule has 6 atom stereocenters. The molecule has 0 bridgehead atoms. The van der Waals surface area contributed by atoms with Gasteiger partial charge in [0, 0.05) is 0 Å². The van der Waals surface area contributed by atoms with E-state index in [1.54, 1.807) is 0 Å². The van der Waals surface area contributed by atoms with Gasteiger partial charge in [0.2, 0.25) is 0 Å². The lowest BCUT2D eigenvalue weighted by atomic mass is 10.2. The molecule has 18 heavy (non-hydrogen) atoms. The van der Waals surface area contributed by atoms with E-state index in [9.17, 15) is 9.59 Å². The highest BCUT2D eigenvalue weighted by molar-refractivity contribution is 5.75. The molecule has 2 saturated carbocycles. The lowest BCUT2D eigenvalue weighted by Crippen LogP contribution is -2.34. The summed E-state index contributed by atoms with van der Waals surface area (Å²) in [5.41, 5.74) is 0. The minimum Gasteiger partial charge on any atom is -0.480 e. The van der Waals surface area contributed by atoms with Crippen molar-refractivity contribution in [1.82, 2.24) is 10.6 Å². The fourth-order valence-electron chi connectivity index (χ4n) is 3.23. The van der Waals surface area contributed by atoms with Gasteiger partial charge < -0.3 is 20.8 Å². The number of carboxylic acids is 2. The van der Waals surface area contributed by atoms with Crippen LogP contribution in [-0.2, 0) is 9.59 Å². The molecule has 0 amide bonds. The van der Waals surface area contributed by atoms with E-state index in [4.69, 9.17) is 10.2 Å². The molecule has 2 saturated heterocycles. The third kappa shape index (κ3) is 2.10. The Morgan fingerprint density at radius 2 is 1.22 bits per heavy atom. The van der Waals surface area contributed by atoms with E-state index in [0.29, 0.717) is 23.7 Å². The van der Waals surface area contributed by atoms with Gasteiger partial charge in [-0.05, 0) is 49.6 Å². The van der Waals surface area contributed by atoms with Crippen LogP contribution in [0.2, 0.25) is 0 Å². The van der Waals surface area contributed by atoms with Crippen LogP contribution in [0.3, 0.4) is 0 Å². The summed E-state index contributed by atoms with van der Waals surface area (Å²) in [5.74, 6) is 0.933. The number of fused-ring (bicyclic) bond motifs is 2. The number of piperidine rings is 2. The van der Waals surface area contributed by atoms with Gasteiger partial charge in [-0.15, -0.1) is 0 Å². The quantitative estimate of drug-likeness (QED) is 0.523. The van der Waals surface area contributed by atoms with E-state index in [-0.39, 0.29) is 12.1 Å².